The third-order valence-corrected chi connectivity index (χ3v) is 5.80. The Morgan fingerprint density at radius 3 is 2.72 bits per heavy atom. The van der Waals surface area contributed by atoms with Crippen molar-refractivity contribution in [2.75, 3.05) is 39.3 Å². The number of benzene rings is 1. The van der Waals surface area contributed by atoms with Gasteiger partial charge in [0.05, 0.1) is 13.1 Å². The fourth-order valence-corrected chi connectivity index (χ4v) is 3.95. The molecule has 0 spiro atoms. The Morgan fingerprint density at radius 1 is 1.28 bits per heavy atom. The molecule has 6 heteroatoms. The molecule has 0 unspecified atom stereocenters. The second-order valence-electron chi connectivity index (χ2n) is 7.74. The summed E-state index contributed by atoms with van der Waals surface area (Å²) in [6, 6.07) is 7.43. The van der Waals surface area contributed by atoms with Gasteiger partial charge in [-0.25, -0.2) is 4.79 Å². The third kappa shape index (κ3) is 4.21. The second kappa shape index (κ2) is 7.04. The molecule has 0 aromatic heterocycles. The highest BCUT2D eigenvalue weighted by molar-refractivity contribution is 6.30. The lowest BCUT2D eigenvalue weighted by atomic mass is 10.1. The van der Waals surface area contributed by atoms with Gasteiger partial charge in [0.15, 0.2) is 0 Å². The van der Waals surface area contributed by atoms with E-state index in [1.807, 2.05) is 23.1 Å². The largest absolute Gasteiger partial charge is 0.487 e. The van der Waals surface area contributed by atoms with Crippen molar-refractivity contribution in [1.29, 1.82) is 0 Å². The van der Waals surface area contributed by atoms with Crippen molar-refractivity contribution < 1.29 is 9.53 Å². The Bertz CT molecular complexity index is 623. The van der Waals surface area contributed by atoms with Crippen LogP contribution in [0.4, 0.5) is 4.79 Å². The van der Waals surface area contributed by atoms with E-state index < -0.39 is 0 Å². The minimum absolute atomic E-state index is 0.0404. The van der Waals surface area contributed by atoms with Gasteiger partial charge in [-0.15, -0.1) is 0 Å². The first-order valence-electron chi connectivity index (χ1n) is 9.29. The fourth-order valence-electron chi connectivity index (χ4n) is 3.77. The van der Waals surface area contributed by atoms with Gasteiger partial charge in [-0.1, -0.05) is 17.7 Å². The summed E-state index contributed by atoms with van der Waals surface area (Å²) in [5, 5.41) is 3.80. The molecule has 3 fully saturated rings. The molecule has 1 aromatic carbocycles. The SMILES string of the molecule is O=C(NCC1(CN2CCCC2)CC1)N1CC(Oc2cccc(Cl)c2)C1. The van der Waals surface area contributed by atoms with Crippen LogP contribution in [0.2, 0.25) is 5.02 Å². The van der Waals surface area contributed by atoms with Crippen LogP contribution in [0.5, 0.6) is 5.75 Å². The number of halogens is 1. The molecule has 1 N–H and O–H groups in total. The first-order chi connectivity index (χ1) is 12.1. The van der Waals surface area contributed by atoms with Gasteiger partial charge in [0.1, 0.15) is 11.9 Å². The number of hydrogen-bond donors (Lipinski definition) is 1. The molecule has 0 bridgehead atoms. The quantitative estimate of drug-likeness (QED) is 0.845. The molecule has 2 amide bonds. The number of hydrogen-bond acceptors (Lipinski definition) is 3. The number of rotatable bonds is 6. The van der Waals surface area contributed by atoms with Crippen LogP contribution in [0.25, 0.3) is 0 Å². The number of carbonyl (C=O) groups is 1. The fraction of sp³-hybridized carbons (Fsp3) is 0.632. The van der Waals surface area contributed by atoms with Crippen molar-refractivity contribution in [2.45, 2.75) is 31.8 Å². The summed E-state index contributed by atoms with van der Waals surface area (Å²) in [4.78, 5) is 16.7. The lowest BCUT2D eigenvalue weighted by molar-refractivity contribution is 0.0438. The first kappa shape index (κ1) is 17.0. The summed E-state index contributed by atoms with van der Waals surface area (Å²) < 4.78 is 5.85. The molecule has 0 radical (unpaired) electrons. The van der Waals surface area contributed by atoms with Crippen molar-refractivity contribution in [2.24, 2.45) is 5.41 Å². The molecule has 3 aliphatic rings. The monoisotopic (exact) mass is 363 g/mol. The smallest absolute Gasteiger partial charge is 0.317 e. The maximum atomic E-state index is 12.3. The molecule has 5 nitrogen and oxygen atoms in total. The van der Waals surface area contributed by atoms with E-state index in [4.69, 9.17) is 16.3 Å². The summed E-state index contributed by atoms with van der Waals surface area (Å²) in [5.74, 6) is 0.764. The van der Waals surface area contributed by atoms with Crippen molar-refractivity contribution in [3.05, 3.63) is 29.3 Å². The Hall–Kier alpha value is -1.46. The predicted octanol–water partition coefficient (Wildman–Crippen LogP) is 2.99. The third-order valence-electron chi connectivity index (χ3n) is 5.56. The van der Waals surface area contributed by atoms with Gasteiger partial charge in [0, 0.05) is 23.5 Å². The van der Waals surface area contributed by atoms with Crippen LogP contribution in [0.15, 0.2) is 24.3 Å². The molecule has 25 heavy (non-hydrogen) atoms. The number of likely N-dealkylation sites (tertiary alicyclic amines) is 2. The maximum absolute atomic E-state index is 12.3. The summed E-state index contributed by atoms with van der Waals surface area (Å²) in [6.45, 7) is 5.68. The number of nitrogens with one attached hydrogen (secondary N) is 1. The van der Waals surface area contributed by atoms with Gasteiger partial charge < -0.3 is 19.9 Å². The number of nitrogens with zero attached hydrogens (tertiary/aromatic N) is 2. The summed E-state index contributed by atoms with van der Waals surface area (Å²) in [7, 11) is 0. The van der Waals surface area contributed by atoms with Crippen LogP contribution in [-0.4, -0.2) is 61.2 Å². The highest BCUT2D eigenvalue weighted by atomic mass is 35.5. The molecule has 1 aromatic rings. The molecule has 1 saturated carbocycles. The number of urea groups is 1. The van der Waals surface area contributed by atoms with E-state index in [0.29, 0.717) is 23.5 Å². The molecule has 4 rings (SSSR count). The molecule has 0 atom stereocenters. The zero-order valence-electron chi connectivity index (χ0n) is 14.5. The van der Waals surface area contributed by atoms with E-state index in [0.717, 1.165) is 18.8 Å². The van der Waals surface area contributed by atoms with Crippen LogP contribution < -0.4 is 10.1 Å². The molecule has 1 aliphatic carbocycles. The van der Waals surface area contributed by atoms with Crippen LogP contribution in [0, 0.1) is 5.41 Å². The zero-order valence-corrected chi connectivity index (χ0v) is 15.3. The van der Waals surface area contributed by atoms with Crippen molar-refractivity contribution in [3.8, 4) is 5.75 Å². The lowest BCUT2D eigenvalue weighted by Gasteiger charge is -2.39. The highest BCUT2D eigenvalue weighted by Gasteiger charge is 2.45. The molecular weight excluding hydrogens is 338 g/mol. The Labute approximate surface area is 154 Å². The van der Waals surface area contributed by atoms with Crippen molar-refractivity contribution in [1.82, 2.24) is 15.1 Å². The van der Waals surface area contributed by atoms with Crippen molar-refractivity contribution in [3.63, 3.8) is 0 Å². The average Bonchev–Trinajstić information content (AvgIpc) is 3.12. The van der Waals surface area contributed by atoms with E-state index in [1.165, 1.54) is 38.8 Å². The van der Waals surface area contributed by atoms with Gasteiger partial charge in [0.25, 0.3) is 0 Å². The number of ether oxygens (including phenoxy) is 1. The van der Waals surface area contributed by atoms with E-state index in [9.17, 15) is 4.79 Å². The van der Waals surface area contributed by atoms with Crippen LogP contribution in [-0.2, 0) is 0 Å². The normalized spacial score (nSPS) is 22.5. The van der Waals surface area contributed by atoms with Gasteiger partial charge >= 0.3 is 6.03 Å². The molecular formula is C19H26ClN3O2. The summed E-state index contributed by atoms with van der Waals surface area (Å²) >= 11 is 5.96. The van der Waals surface area contributed by atoms with E-state index in [2.05, 4.69) is 10.2 Å². The van der Waals surface area contributed by atoms with Gasteiger partial charge in [0.2, 0.25) is 0 Å². The van der Waals surface area contributed by atoms with Gasteiger partial charge in [-0.05, 0) is 57.0 Å². The average molecular weight is 364 g/mol. The standard InChI is InChI=1S/C19H26ClN3O2/c20-15-4-3-5-16(10-15)25-17-11-23(12-17)18(24)21-13-19(6-7-19)14-22-8-1-2-9-22/h3-5,10,17H,1-2,6-9,11-14H2,(H,21,24). The Kier molecular flexibility index (Phi) is 4.78. The minimum atomic E-state index is 0.0404. The molecule has 2 saturated heterocycles. The predicted molar refractivity (Wildman–Crippen MR) is 98.2 cm³/mol. The molecule has 2 heterocycles. The van der Waals surface area contributed by atoms with Crippen LogP contribution in [0.3, 0.4) is 0 Å². The Morgan fingerprint density at radius 2 is 2.04 bits per heavy atom. The minimum Gasteiger partial charge on any atom is -0.487 e. The second-order valence-corrected chi connectivity index (χ2v) is 8.18. The first-order valence-corrected chi connectivity index (χ1v) is 9.67. The van der Waals surface area contributed by atoms with Crippen LogP contribution >= 0.6 is 11.6 Å². The zero-order chi connectivity index (χ0) is 17.3. The topological polar surface area (TPSA) is 44.8 Å². The summed E-state index contributed by atoms with van der Waals surface area (Å²) in [6.07, 6.45) is 5.19. The molecule has 2 aliphatic heterocycles. The van der Waals surface area contributed by atoms with Crippen molar-refractivity contribution >= 4 is 17.6 Å². The number of amides is 2. The van der Waals surface area contributed by atoms with E-state index in [1.54, 1.807) is 6.07 Å². The highest BCUT2D eigenvalue weighted by Crippen LogP contribution is 2.46. The van der Waals surface area contributed by atoms with E-state index in [-0.39, 0.29) is 12.1 Å². The van der Waals surface area contributed by atoms with Gasteiger partial charge in [-0.2, -0.15) is 0 Å². The van der Waals surface area contributed by atoms with E-state index >= 15 is 0 Å². The lowest BCUT2D eigenvalue weighted by Crippen LogP contribution is -2.59. The maximum Gasteiger partial charge on any atom is 0.317 e. The van der Waals surface area contributed by atoms with Gasteiger partial charge in [-0.3, -0.25) is 0 Å². The van der Waals surface area contributed by atoms with Crippen LogP contribution in [0.1, 0.15) is 25.7 Å². The Balaban J connectivity index is 1.17. The number of carbonyl (C=O) groups excluding carboxylic acids is 1. The molecule has 136 valence electrons. The summed E-state index contributed by atoms with van der Waals surface area (Å²) in [5.41, 5.74) is 0.335.